The molecule has 8 nitrogen and oxygen atoms in total. The van der Waals surface area contributed by atoms with Crippen molar-refractivity contribution in [1.29, 1.82) is 0 Å². The number of carbonyl (C=O) groups excluding carboxylic acids is 2. The van der Waals surface area contributed by atoms with Crippen LogP contribution >= 0.6 is 11.3 Å². The highest BCUT2D eigenvalue weighted by atomic mass is 32.1. The third kappa shape index (κ3) is 4.78. The van der Waals surface area contributed by atoms with Crippen LogP contribution in [0.2, 0.25) is 0 Å². The van der Waals surface area contributed by atoms with Crippen molar-refractivity contribution in [3.8, 4) is 21.7 Å². The largest absolute Gasteiger partial charge is 0.465 e. The number of rotatable bonds is 5. The van der Waals surface area contributed by atoms with E-state index >= 15 is 0 Å². The molecule has 1 aromatic heterocycles. The van der Waals surface area contributed by atoms with Crippen molar-refractivity contribution in [2.24, 2.45) is 0 Å². The molecule has 0 bridgehead atoms. The topological polar surface area (TPSA) is 103 Å². The first-order valence-electron chi connectivity index (χ1n) is 10.2. The highest BCUT2D eigenvalue weighted by Crippen LogP contribution is 2.36. The summed E-state index contributed by atoms with van der Waals surface area (Å²) < 4.78 is 0. The molecule has 1 fully saturated rings. The third-order valence-corrected chi connectivity index (χ3v) is 6.31. The summed E-state index contributed by atoms with van der Waals surface area (Å²) in [5.74, 6) is -0.654. The number of nitrogens with zero attached hydrogens (tertiary/aromatic N) is 3. The Hall–Kier alpha value is -3.72. The summed E-state index contributed by atoms with van der Waals surface area (Å²) in [6.45, 7) is 1.00. The number of aromatic nitrogens is 1. The van der Waals surface area contributed by atoms with Crippen LogP contribution in [-0.4, -0.2) is 70.5 Å². The summed E-state index contributed by atoms with van der Waals surface area (Å²) >= 11 is 1.29. The predicted molar refractivity (Wildman–Crippen MR) is 121 cm³/mol. The van der Waals surface area contributed by atoms with Crippen molar-refractivity contribution in [2.45, 2.75) is 0 Å². The van der Waals surface area contributed by atoms with Gasteiger partial charge in [-0.15, -0.1) is 11.3 Å². The van der Waals surface area contributed by atoms with Crippen molar-refractivity contribution < 1.29 is 19.5 Å². The molecule has 164 valence electrons. The van der Waals surface area contributed by atoms with Gasteiger partial charge in [0, 0.05) is 31.7 Å². The maximum absolute atomic E-state index is 12.8. The van der Waals surface area contributed by atoms with E-state index in [2.05, 4.69) is 10.3 Å². The molecule has 3 amide bonds. The molecular formula is C23H22N4O4S. The molecule has 1 saturated heterocycles. The van der Waals surface area contributed by atoms with E-state index in [1.165, 1.54) is 16.2 Å². The Kier molecular flexibility index (Phi) is 6.46. The Morgan fingerprint density at radius 2 is 1.44 bits per heavy atom. The lowest BCUT2D eigenvalue weighted by molar-refractivity contribution is -0.131. The van der Waals surface area contributed by atoms with Crippen LogP contribution in [0.5, 0.6) is 0 Å². The van der Waals surface area contributed by atoms with E-state index in [4.69, 9.17) is 5.11 Å². The summed E-state index contributed by atoms with van der Waals surface area (Å²) in [5, 5.41) is 12.0. The maximum atomic E-state index is 12.8. The molecule has 0 aliphatic carbocycles. The number of piperazine rings is 1. The van der Waals surface area contributed by atoms with Crippen LogP contribution in [0, 0.1) is 0 Å². The van der Waals surface area contributed by atoms with Crippen molar-refractivity contribution >= 4 is 29.2 Å². The number of nitrogens with one attached hydrogen (secondary N) is 1. The van der Waals surface area contributed by atoms with Crippen LogP contribution in [0.3, 0.4) is 0 Å². The first kappa shape index (κ1) is 21.5. The van der Waals surface area contributed by atoms with E-state index in [0.29, 0.717) is 13.1 Å². The van der Waals surface area contributed by atoms with E-state index in [-0.39, 0.29) is 30.5 Å². The number of carboxylic acid groups (broad SMARTS) is 1. The molecule has 0 saturated carbocycles. The second kappa shape index (κ2) is 9.61. The lowest BCUT2D eigenvalue weighted by Crippen LogP contribution is -2.52. The highest BCUT2D eigenvalue weighted by Gasteiger charge is 2.25. The van der Waals surface area contributed by atoms with Crippen LogP contribution < -0.4 is 5.32 Å². The standard InChI is InChI=1S/C23H22N4O4S/c28-18(26-11-13-27(14-12-26)23(30)31)15-24-21(29)22-25-19(16-7-3-1-4-8-16)20(32-22)17-9-5-2-6-10-17/h1-10H,11-15H2,(H,24,29)(H,30,31). The van der Waals surface area contributed by atoms with Gasteiger partial charge in [-0.2, -0.15) is 0 Å². The van der Waals surface area contributed by atoms with Gasteiger partial charge in [0.1, 0.15) is 0 Å². The molecule has 0 atom stereocenters. The molecule has 0 unspecified atom stereocenters. The number of hydrogen-bond acceptors (Lipinski definition) is 5. The summed E-state index contributed by atoms with van der Waals surface area (Å²) in [4.78, 5) is 44.5. The Bertz CT molecular complexity index is 1050. The van der Waals surface area contributed by atoms with Gasteiger partial charge < -0.3 is 20.2 Å². The van der Waals surface area contributed by atoms with Crippen LogP contribution in [0.1, 0.15) is 9.80 Å². The third-order valence-electron chi connectivity index (χ3n) is 5.21. The van der Waals surface area contributed by atoms with Crippen LogP contribution in [0.4, 0.5) is 4.79 Å². The number of benzene rings is 2. The summed E-state index contributed by atoms with van der Waals surface area (Å²) in [7, 11) is 0. The average molecular weight is 451 g/mol. The quantitative estimate of drug-likeness (QED) is 0.622. The fourth-order valence-corrected chi connectivity index (χ4v) is 4.49. The zero-order chi connectivity index (χ0) is 22.5. The first-order valence-corrected chi connectivity index (χ1v) is 11.0. The number of hydrogen-bond donors (Lipinski definition) is 2. The molecule has 9 heteroatoms. The van der Waals surface area contributed by atoms with Gasteiger partial charge in [0.15, 0.2) is 5.01 Å². The molecule has 1 aliphatic rings. The van der Waals surface area contributed by atoms with Gasteiger partial charge >= 0.3 is 6.09 Å². The van der Waals surface area contributed by atoms with Gasteiger partial charge in [-0.05, 0) is 5.56 Å². The lowest BCUT2D eigenvalue weighted by Gasteiger charge is -2.33. The van der Waals surface area contributed by atoms with Gasteiger partial charge in [0.2, 0.25) is 5.91 Å². The molecule has 3 aromatic rings. The van der Waals surface area contributed by atoms with Crippen molar-refractivity contribution in [3.63, 3.8) is 0 Å². The smallest absolute Gasteiger partial charge is 0.407 e. The Morgan fingerprint density at radius 3 is 2.03 bits per heavy atom. The van der Waals surface area contributed by atoms with Crippen LogP contribution in [0.15, 0.2) is 60.7 Å². The molecule has 32 heavy (non-hydrogen) atoms. The Morgan fingerprint density at radius 1 is 0.875 bits per heavy atom. The SMILES string of the molecule is O=C(NCC(=O)N1CCN(C(=O)O)CC1)c1nc(-c2ccccc2)c(-c2ccccc2)s1. The fourth-order valence-electron chi connectivity index (χ4n) is 3.48. The number of carbonyl (C=O) groups is 3. The van der Waals surface area contributed by atoms with Gasteiger partial charge in [0.25, 0.3) is 5.91 Å². The van der Waals surface area contributed by atoms with Crippen molar-refractivity contribution in [2.75, 3.05) is 32.7 Å². The molecule has 1 aliphatic heterocycles. The molecule has 2 aromatic carbocycles. The lowest BCUT2D eigenvalue weighted by atomic mass is 10.1. The second-order valence-corrected chi connectivity index (χ2v) is 8.26. The Labute approximate surface area is 189 Å². The molecule has 4 rings (SSSR count). The van der Waals surface area contributed by atoms with E-state index in [0.717, 1.165) is 21.7 Å². The van der Waals surface area contributed by atoms with Gasteiger partial charge in [0.05, 0.1) is 17.1 Å². The average Bonchev–Trinajstić information content (AvgIpc) is 3.29. The van der Waals surface area contributed by atoms with E-state index in [9.17, 15) is 14.4 Å². The minimum absolute atomic E-state index is 0.160. The van der Waals surface area contributed by atoms with Gasteiger partial charge in [-0.1, -0.05) is 60.7 Å². The van der Waals surface area contributed by atoms with E-state index in [1.54, 1.807) is 4.90 Å². The number of thiazole rings is 1. The van der Waals surface area contributed by atoms with E-state index < -0.39 is 12.0 Å². The first-order chi connectivity index (χ1) is 15.5. The maximum Gasteiger partial charge on any atom is 0.407 e. The molecule has 0 radical (unpaired) electrons. The zero-order valence-electron chi connectivity index (χ0n) is 17.2. The minimum atomic E-state index is -0.988. The summed E-state index contributed by atoms with van der Waals surface area (Å²) in [6, 6.07) is 19.4. The predicted octanol–water partition coefficient (Wildman–Crippen LogP) is 3.03. The summed E-state index contributed by atoms with van der Waals surface area (Å²) in [5.41, 5.74) is 2.60. The highest BCUT2D eigenvalue weighted by molar-refractivity contribution is 7.17. The van der Waals surface area contributed by atoms with Gasteiger partial charge in [-0.25, -0.2) is 9.78 Å². The molecule has 0 spiro atoms. The normalized spacial score (nSPS) is 13.6. The van der Waals surface area contributed by atoms with Gasteiger partial charge in [-0.3, -0.25) is 9.59 Å². The Balaban J connectivity index is 1.47. The van der Waals surface area contributed by atoms with E-state index in [1.807, 2.05) is 60.7 Å². The van der Waals surface area contributed by atoms with Crippen LogP contribution in [-0.2, 0) is 4.79 Å². The van der Waals surface area contributed by atoms with Crippen molar-refractivity contribution in [1.82, 2.24) is 20.1 Å². The molecule has 2 N–H and O–H groups in total. The fraction of sp³-hybridized carbons (Fsp3) is 0.217. The molecule has 2 heterocycles. The summed E-state index contributed by atoms with van der Waals surface area (Å²) in [6.07, 6.45) is -0.988. The molecular weight excluding hydrogens is 428 g/mol. The zero-order valence-corrected chi connectivity index (χ0v) is 18.0. The second-order valence-electron chi connectivity index (χ2n) is 7.26. The minimum Gasteiger partial charge on any atom is -0.465 e. The number of amides is 3. The van der Waals surface area contributed by atoms with Crippen molar-refractivity contribution in [3.05, 3.63) is 65.7 Å². The van der Waals surface area contributed by atoms with Crippen LogP contribution in [0.25, 0.3) is 21.7 Å². The monoisotopic (exact) mass is 450 g/mol.